The summed E-state index contributed by atoms with van der Waals surface area (Å²) < 4.78 is 68.3. The van der Waals surface area contributed by atoms with E-state index < -0.39 is 97.5 Å². The van der Waals surface area contributed by atoms with Gasteiger partial charge in [0.1, 0.15) is 19.3 Å². The predicted molar refractivity (Wildman–Crippen MR) is 367 cm³/mol. The standard InChI is InChI=1S/C72H136O17P2/c1-8-10-11-12-13-14-15-16-17-18-23-26-32-41-48-55-71(76)88-68(60-83-70(75)54-47-40-35-34-37-44-51-64(5)6)62-87-91(80,81)85-58-66(73)57-84-90(78,79)86-61-67(89-72(77)56-49-42-33-28-27-30-38-45-52-65(7)9-2)59-82-69(74)53-46-39-31-25-22-20-19-21-24-29-36-43-50-63(3)4/h14-17,63-68,73H,8-13,18-62H2,1-7H3,(H,78,79)(H,80,81)/b15-14-,17-16-/t65?,66-,67-,68-/m1/s1. The van der Waals surface area contributed by atoms with Crippen molar-refractivity contribution >= 4 is 39.5 Å². The molecule has 0 saturated carbocycles. The number of phosphoric acid groups is 2. The van der Waals surface area contributed by atoms with Crippen LogP contribution in [0.15, 0.2) is 24.3 Å². The Morgan fingerprint density at radius 3 is 0.978 bits per heavy atom. The van der Waals surface area contributed by atoms with Crippen LogP contribution in [-0.4, -0.2) is 96.7 Å². The third kappa shape index (κ3) is 64.6. The molecule has 0 fully saturated rings. The second-order valence-corrected chi connectivity index (χ2v) is 29.4. The molecule has 19 heteroatoms. The number of hydrogen-bond acceptors (Lipinski definition) is 15. The molecule has 0 rings (SSSR count). The Labute approximate surface area is 554 Å². The van der Waals surface area contributed by atoms with E-state index in [0.717, 1.165) is 121 Å². The molecule has 0 amide bonds. The molecule has 0 aromatic carbocycles. The first kappa shape index (κ1) is 88.5. The summed E-state index contributed by atoms with van der Waals surface area (Å²) in [5.74, 6) is 0.0666. The quantitative estimate of drug-likeness (QED) is 0.0169. The SMILES string of the molecule is CCCCCC/C=C\C=C/CCCCCCCC(=O)O[C@H](COC(=O)CCCCCCCCC(C)C)COP(=O)(O)OC[C@H](O)COP(=O)(O)OC[C@@H](COC(=O)CCCCCCCCCCCCCCC(C)C)OC(=O)CCCCCCCCCCC(C)CC. The fourth-order valence-corrected chi connectivity index (χ4v) is 11.9. The number of hydrogen-bond donors (Lipinski definition) is 3. The van der Waals surface area contributed by atoms with Gasteiger partial charge in [0.05, 0.1) is 26.4 Å². The number of rotatable bonds is 68. The van der Waals surface area contributed by atoms with Crippen LogP contribution in [0.5, 0.6) is 0 Å². The lowest BCUT2D eigenvalue weighted by Gasteiger charge is -2.21. The zero-order valence-corrected chi connectivity index (χ0v) is 60.6. The molecule has 6 atom stereocenters. The van der Waals surface area contributed by atoms with Crippen molar-refractivity contribution < 1.29 is 80.2 Å². The molecule has 91 heavy (non-hydrogen) atoms. The van der Waals surface area contributed by atoms with E-state index in [-0.39, 0.29) is 25.7 Å². The summed E-state index contributed by atoms with van der Waals surface area (Å²) in [5, 5.41) is 10.6. The van der Waals surface area contributed by atoms with E-state index in [1.807, 2.05) is 0 Å². The normalized spacial score (nSPS) is 14.6. The molecule has 0 aromatic heterocycles. The molecule has 0 radical (unpaired) electrons. The first-order valence-electron chi connectivity index (χ1n) is 36.7. The Balaban J connectivity index is 5.27. The Hall–Kier alpha value is -2.46. The molecule has 536 valence electrons. The van der Waals surface area contributed by atoms with Crippen LogP contribution >= 0.6 is 15.6 Å². The topological polar surface area (TPSA) is 237 Å². The van der Waals surface area contributed by atoms with Gasteiger partial charge in [0.25, 0.3) is 0 Å². The van der Waals surface area contributed by atoms with E-state index in [2.05, 4.69) is 72.8 Å². The summed E-state index contributed by atoms with van der Waals surface area (Å²) in [6.07, 6.45) is 49.5. The van der Waals surface area contributed by atoms with Crippen molar-refractivity contribution in [2.75, 3.05) is 39.6 Å². The van der Waals surface area contributed by atoms with Crippen molar-refractivity contribution in [1.29, 1.82) is 0 Å². The summed E-state index contributed by atoms with van der Waals surface area (Å²) in [6, 6.07) is 0. The van der Waals surface area contributed by atoms with Crippen LogP contribution < -0.4 is 0 Å². The summed E-state index contributed by atoms with van der Waals surface area (Å²) in [7, 11) is -9.92. The molecular formula is C72H136O17P2. The molecule has 0 saturated heterocycles. The van der Waals surface area contributed by atoms with E-state index in [1.54, 1.807) is 0 Å². The van der Waals surface area contributed by atoms with Crippen molar-refractivity contribution in [3.8, 4) is 0 Å². The molecule has 3 unspecified atom stereocenters. The molecule has 0 aliphatic rings. The molecule has 17 nitrogen and oxygen atoms in total. The molecule has 0 aliphatic heterocycles. The number of unbranched alkanes of at least 4 members (excludes halogenated alkanes) is 32. The molecule has 0 heterocycles. The van der Waals surface area contributed by atoms with Gasteiger partial charge < -0.3 is 33.8 Å². The average Bonchev–Trinajstić information content (AvgIpc) is 3.69. The smallest absolute Gasteiger partial charge is 0.462 e. The second kappa shape index (κ2) is 62.4. The zero-order valence-electron chi connectivity index (χ0n) is 58.8. The maximum absolute atomic E-state index is 13.0. The summed E-state index contributed by atoms with van der Waals surface area (Å²) >= 11 is 0. The summed E-state index contributed by atoms with van der Waals surface area (Å²) in [5.41, 5.74) is 0. The lowest BCUT2D eigenvalue weighted by Crippen LogP contribution is -2.30. The highest BCUT2D eigenvalue weighted by Gasteiger charge is 2.30. The van der Waals surface area contributed by atoms with Gasteiger partial charge in [-0.3, -0.25) is 37.3 Å². The largest absolute Gasteiger partial charge is 0.472 e. The Morgan fingerprint density at radius 1 is 0.363 bits per heavy atom. The summed E-state index contributed by atoms with van der Waals surface area (Å²) in [4.78, 5) is 72.6. The van der Waals surface area contributed by atoms with Crippen molar-refractivity contribution in [2.45, 2.75) is 356 Å². The number of esters is 4. The molecule has 0 spiro atoms. The van der Waals surface area contributed by atoms with Crippen molar-refractivity contribution in [1.82, 2.24) is 0 Å². The molecule has 0 bridgehead atoms. The van der Waals surface area contributed by atoms with Crippen LogP contribution in [0.3, 0.4) is 0 Å². The van der Waals surface area contributed by atoms with Gasteiger partial charge in [-0.15, -0.1) is 0 Å². The van der Waals surface area contributed by atoms with Gasteiger partial charge in [0.15, 0.2) is 12.2 Å². The number of aliphatic hydroxyl groups is 1. The minimum atomic E-state index is -4.96. The highest BCUT2D eigenvalue weighted by atomic mass is 31.2. The van der Waals surface area contributed by atoms with Crippen LogP contribution in [0.4, 0.5) is 0 Å². The van der Waals surface area contributed by atoms with Gasteiger partial charge in [0.2, 0.25) is 0 Å². The number of allylic oxidation sites excluding steroid dienone is 4. The van der Waals surface area contributed by atoms with E-state index in [1.165, 1.54) is 128 Å². The van der Waals surface area contributed by atoms with Crippen LogP contribution in [0.1, 0.15) is 337 Å². The van der Waals surface area contributed by atoms with Gasteiger partial charge in [-0.05, 0) is 69.1 Å². The molecule has 0 aliphatic carbocycles. The lowest BCUT2D eigenvalue weighted by molar-refractivity contribution is -0.161. The third-order valence-electron chi connectivity index (χ3n) is 16.4. The van der Waals surface area contributed by atoms with Gasteiger partial charge >= 0.3 is 39.5 Å². The number of ether oxygens (including phenoxy) is 4. The molecule has 3 N–H and O–H groups in total. The summed E-state index contributed by atoms with van der Waals surface area (Å²) in [6.45, 7) is 11.7. The van der Waals surface area contributed by atoms with Crippen molar-refractivity contribution in [3.05, 3.63) is 24.3 Å². The van der Waals surface area contributed by atoms with Crippen LogP contribution in [0.2, 0.25) is 0 Å². The minimum absolute atomic E-state index is 0.0835. The number of carbonyl (C=O) groups is 4. The lowest BCUT2D eigenvalue weighted by atomic mass is 9.99. The number of phosphoric ester groups is 2. The van der Waals surface area contributed by atoms with Gasteiger partial charge in [-0.2, -0.15) is 0 Å². The van der Waals surface area contributed by atoms with E-state index in [0.29, 0.717) is 31.6 Å². The monoisotopic (exact) mass is 1330 g/mol. The third-order valence-corrected chi connectivity index (χ3v) is 18.3. The Bertz CT molecular complexity index is 1880. The highest BCUT2D eigenvalue weighted by molar-refractivity contribution is 7.47. The molecule has 0 aromatic rings. The first-order valence-corrected chi connectivity index (χ1v) is 39.7. The van der Waals surface area contributed by atoms with Crippen molar-refractivity contribution in [3.63, 3.8) is 0 Å². The maximum atomic E-state index is 13.0. The second-order valence-electron chi connectivity index (χ2n) is 26.5. The van der Waals surface area contributed by atoms with Crippen LogP contribution in [0, 0.1) is 17.8 Å². The van der Waals surface area contributed by atoms with Crippen LogP contribution in [0.25, 0.3) is 0 Å². The fourth-order valence-electron chi connectivity index (χ4n) is 10.3. The number of aliphatic hydroxyl groups excluding tert-OH is 1. The van der Waals surface area contributed by atoms with E-state index >= 15 is 0 Å². The van der Waals surface area contributed by atoms with Gasteiger partial charge in [-0.25, -0.2) is 9.13 Å². The predicted octanol–water partition coefficient (Wildman–Crippen LogP) is 20.2. The Kier molecular flexibility index (Phi) is 60.7. The molecular weight excluding hydrogens is 1200 g/mol. The Morgan fingerprint density at radius 2 is 0.648 bits per heavy atom. The first-order chi connectivity index (χ1) is 43.8. The van der Waals surface area contributed by atoms with E-state index in [9.17, 15) is 43.2 Å². The average molecular weight is 1340 g/mol. The van der Waals surface area contributed by atoms with Gasteiger partial charge in [0, 0.05) is 25.7 Å². The van der Waals surface area contributed by atoms with Crippen molar-refractivity contribution in [2.24, 2.45) is 17.8 Å². The highest BCUT2D eigenvalue weighted by Crippen LogP contribution is 2.45. The zero-order chi connectivity index (χ0) is 67.3. The maximum Gasteiger partial charge on any atom is 0.472 e. The minimum Gasteiger partial charge on any atom is -0.462 e. The van der Waals surface area contributed by atoms with E-state index in [4.69, 9.17) is 37.0 Å². The fraction of sp³-hybridized carbons (Fsp3) is 0.889. The van der Waals surface area contributed by atoms with Gasteiger partial charge in [-0.1, -0.05) is 285 Å². The number of carbonyl (C=O) groups excluding carboxylic acids is 4. The van der Waals surface area contributed by atoms with Crippen LogP contribution in [-0.2, 0) is 65.4 Å².